The Balaban J connectivity index is 2.06. The predicted molar refractivity (Wildman–Crippen MR) is 65.3 cm³/mol. The van der Waals surface area contributed by atoms with Crippen molar-refractivity contribution in [1.82, 2.24) is 5.32 Å². The SMILES string of the molecule is C[C@H](NC(=O)[C@@H]1C[C@H]1C)c1cccc(C(F)(F)F)c1. The molecule has 1 aromatic rings. The number of nitrogens with one attached hydrogen (secondary N) is 1. The molecule has 0 aromatic heterocycles. The van der Waals surface area contributed by atoms with E-state index >= 15 is 0 Å². The van der Waals surface area contributed by atoms with Crippen LogP contribution in [-0.2, 0) is 11.0 Å². The first-order valence-electron chi connectivity index (χ1n) is 6.26. The first-order valence-corrected chi connectivity index (χ1v) is 6.26. The Hall–Kier alpha value is -1.52. The summed E-state index contributed by atoms with van der Waals surface area (Å²) >= 11 is 0. The third-order valence-corrected chi connectivity index (χ3v) is 3.52. The van der Waals surface area contributed by atoms with E-state index in [1.165, 1.54) is 6.07 Å². The van der Waals surface area contributed by atoms with Gasteiger partial charge in [-0.15, -0.1) is 0 Å². The number of alkyl halides is 3. The van der Waals surface area contributed by atoms with Gasteiger partial charge >= 0.3 is 6.18 Å². The molecule has 0 heterocycles. The number of rotatable bonds is 3. The van der Waals surface area contributed by atoms with Crippen LogP contribution in [0.2, 0.25) is 0 Å². The van der Waals surface area contributed by atoms with Crippen LogP contribution in [0.4, 0.5) is 13.2 Å². The molecule has 1 saturated carbocycles. The molecular formula is C14H16F3NO. The van der Waals surface area contributed by atoms with E-state index in [0.29, 0.717) is 11.5 Å². The fourth-order valence-corrected chi connectivity index (χ4v) is 2.08. The van der Waals surface area contributed by atoms with Gasteiger partial charge in [0.1, 0.15) is 0 Å². The number of amides is 1. The summed E-state index contributed by atoms with van der Waals surface area (Å²) in [5, 5.41) is 2.76. The van der Waals surface area contributed by atoms with Crippen molar-refractivity contribution in [3.63, 3.8) is 0 Å². The van der Waals surface area contributed by atoms with Crippen molar-refractivity contribution in [3.8, 4) is 0 Å². The number of carbonyl (C=O) groups excluding carboxylic acids is 1. The van der Waals surface area contributed by atoms with Crippen LogP contribution >= 0.6 is 0 Å². The molecule has 1 amide bonds. The number of carbonyl (C=O) groups is 1. The lowest BCUT2D eigenvalue weighted by Gasteiger charge is -2.16. The molecule has 0 unspecified atom stereocenters. The second-order valence-electron chi connectivity index (χ2n) is 5.17. The zero-order chi connectivity index (χ0) is 14.2. The lowest BCUT2D eigenvalue weighted by atomic mass is 10.0. The summed E-state index contributed by atoms with van der Waals surface area (Å²) in [6.07, 6.45) is -3.49. The Kier molecular flexibility index (Phi) is 3.56. The zero-order valence-electron chi connectivity index (χ0n) is 10.8. The summed E-state index contributed by atoms with van der Waals surface area (Å²) in [5.41, 5.74) is -0.220. The second kappa shape index (κ2) is 4.87. The number of hydrogen-bond donors (Lipinski definition) is 1. The standard InChI is InChI=1S/C14H16F3NO/c1-8-6-12(8)13(19)18-9(2)10-4-3-5-11(7-10)14(15,16)17/h3-5,7-9,12H,6H2,1-2H3,(H,18,19)/t8-,9+,12-/m1/s1. The minimum Gasteiger partial charge on any atom is -0.349 e. The van der Waals surface area contributed by atoms with E-state index in [4.69, 9.17) is 0 Å². The molecular weight excluding hydrogens is 255 g/mol. The maximum atomic E-state index is 12.6. The van der Waals surface area contributed by atoms with Crippen molar-refractivity contribution in [2.75, 3.05) is 0 Å². The predicted octanol–water partition coefficient (Wildman–Crippen LogP) is 3.54. The molecule has 19 heavy (non-hydrogen) atoms. The van der Waals surface area contributed by atoms with Crippen molar-refractivity contribution in [1.29, 1.82) is 0 Å². The van der Waals surface area contributed by atoms with Gasteiger partial charge in [-0.2, -0.15) is 13.2 Å². The molecule has 1 aliphatic carbocycles. The Morgan fingerprint density at radius 1 is 1.42 bits per heavy atom. The summed E-state index contributed by atoms with van der Waals surface area (Å²) < 4.78 is 37.8. The van der Waals surface area contributed by atoms with Crippen LogP contribution in [0.1, 0.15) is 37.4 Å². The molecule has 0 radical (unpaired) electrons. The average Bonchev–Trinajstić information content (AvgIpc) is 3.05. The van der Waals surface area contributed by atoms with Crippen molar-refractivity contribution in [2.24, 2.45) is 11.8 Å². The molecule has 0 aliphatic heterocycles. The van der Waals surface area contributed by atoms with Gasteiger partial charge in [0.15, 0.2) is 0 Å². The molecule has 2 rings (SSSR count). The summed E-state index contributed by atoms with van der Waals surface area (Å²) in [6, 6.07) is 4.65. The highest BCUT2D eigenvalue weighted by Gasteiger charge is 2.39. The van der Waals surface area contributed by atoms with Crippen LogP contribution in [0.25, 0.3) is 0 Å². The fraction of sp³-hybridized carbons (Fsp3) is 0.500. The maximum absolute atomic E-state index is 12.6. The van der Waals surface area contributed by atoms with E-state index in [-0.39, 0.29) is 11.8 Å². The zero-order valence-corrected chi connectivity index (χ0v) is 10.8. The third kappa shape index (κ3) is 3.28. The Morgan fingerprint density at radius 2 is 2.05 bits per heavy atom. The van der Waals surface area contributed by atoms with Crippen LogP contribution < -0.4 is 5.32 Å². The maximum Gasteiger partial charge on any atom is 0.416 e. The van der Waals surface area contributed by atoms with Gasteiger partial charge in [-0.05, 0) is 37.0 Å². The fourth-order valence-electron chi connectivity index (χ4n) is 2.08. The van der Waals surface area contributed by atoms with Gasteiger partial charge in [-0.25, -0.2) is 0 Å². The normalized spacial score (nSPS) is 23.8. The Labute approximate surface area is 110 Å². The van der Waals surface area contributed by atoms with Crippen molar-refractivity contribution >= 4 is 5.91 Å². The van der Waals surface area contributed by atoms with Crippen LogP contribution in [0.5, 0.6) is 0 Å². The molecule has 104 valence electrons. The molecule has 0 spiro atoms. The van der Waals surface area contributed by atoms with E-state index in [9.17, 15) is 18.0 Å². The molecule has 1 N–H and O–H groups in total. The monoisotopic (exact) mass is 271 g/mol. The number of hydrogen-bond acceptors (Lipinski definition) is 1. The molecule has 0 bridgehead atoms. The summed E-state index contributed by atoms with van der Waals surface area (Å²) in [5.74, 6) is 0.333. The van der Waals surface area contributed by atoms with Crippen molar-refractivity contribution in [3.05, 3.63) is 35.4 Å². The lowest BCUT2D eigenvalue weighted by Crippen LogP contribution is -2.28. The molecule has 1 aliphatic rings. The quantitative estimate of drug-likeness (QED) is 0.895. The Bertz CT molecular complexity index is 484. The second-order valence-corrected chi connectivity index (χ2v) is 5.17. The van der Waals surface area contributed by atoms with Crippen LogP contribution in [0.3, 0.4) is 0 Å². The Morgan fingerprint density at radius 3 is 2.58 bits per heavy atom. The number of halogens is 3. The van der Waals surface area contributed by atoms with Crippen LogP contribution in [0, 0.1) is 11.8 Å². The van der Waals surface area contributed by atoms with Gasteiger partial charge in [0.05, 0.1) is 11.6 Å². The molecule has 1 fully saturated rings. The van der Waals surface area contributed by atoms with Gasteiger partial charge in [-0.3, -0.25) is 4.79 Å². The van der Waals surface area contributed by atoms with Gasteiger partial charge in [-0.1, -0.05) is 19.1 Å². The van der Waals surface area contributed by atoms with E-state index < -0.39 is 17.8 Å². The molecule has 0 saturated heterocycles. The summed E-state index contributed by atoms with van der Waals surface area (Å²) in [6.45, 7) is 3.68. The van der Waals surface area contributed by atoms with Gasteiger partial charge < -0.3 is 5.32 Å². The molecule has 2 nitrogen and oxygen atoms in total. The third-order valence-electron chi connectivity index (χ3n) is 3.52. The van der Waals surface area contributed by atoms with Crippen LogP contribution in [0.15, 0.2) is 24.3 Å². The van der Waals surface area contributed by atoms with Crippen molar-refractivity contribution in [2.45, 2.75) is 32.5 Å². The molecule has 1 aromatic carbocycles. The first-order chi connectivity index (χ1) is 8.79. The largest absolute Gasteiger partial charge is 0.416 e. The van der Waals surface area contributed by atoms with Gasteiger partial charge in [0, 0.05) is 5.92 Å². The highest BCUT2D eigenvalue weighted by atomic mass is 19.4. The molecule has 5 heteroatoms. The minimum absolute atomic E-state index is 0.0215. The van der Waals surface area contributed by atoms with Crippen LogP contribution in [-0.4, -0.2) is 5.91 Å². The highest BCUT2D eigenvalue weighted by molar-refractivity contribution is 5.81. The van der Waals surface area contributed by atoms with Gasteiger partial charge in [0.25, 0.3) is 0 Å². The molecule has 3 atom stereocenters. The topological polar surface area (TPSA) is 29.1 Å². The average molecular weight is 271 g/mol. The first kappa shape index (κ1) is 13.9. The lowest BCUT2D eigenvalue weighted by molar-refractivity contribution is -0.137. The smallest absolute Gasteiger partial charge is 0.349 e. The van der Waals surface area contributed by atoms with Crippen molar-refractivity contribution < 1.29 is 18.0 Å². The summed E-state index contributed by atoms with van der Waals surface area (Å²) in [7, 11) is 0. The van der Waals surface area contributed by atoms with E-state index in [2.05, 4.69) is 5.32 Å². The summed E-state index contributed by atoms with van der Waals surface area (Å²) in [4.78, 5) is 11.7. The van der Waals surface area contributed by atoms with E-state index in [1.807, 2.05) is 6.92 Å². The minimum atomic E-state index is -4.36. The van der Waals surface area contributed by atoms with Gasteiger partial charge in [0.2, 0.25) is 5.91 Å². The van der Waals surface area contributed by atoms with E-state index in [0.717, 1.165) is 18.6 Å². The van der Waals surface area contributed by atoms with E-state index in [1.54, 1.807) is 13.0 Å². The number of benzene rings is 1. The highest BCUT2D eigenvalue weighted by Crippen LogP contribution is 2.38.